The van der Waals surface area contributed by atoms with Crippen LogP contribution in [0.25, 0.3) is 10.2 Å². The van der Waals surface area contributed by atoms with Gasteiger partial charge in [-0.2, -0.15) is 0 Å². The Morgan fingerprint density at radius 2 is 1.87 bits per heavy atom. The van der Waals surface area contributed by atoms with Crippen molar-refractivity contribution in [1.82, 2.24) is 4.98 Å². The van der Waals surface area contributed by atoms with Crippen molar-refractivity contribution < 1.29 is 8.42 Å². The molecule has 0 bridgehead atoms. The molecule has 1 aromatic heterocycles. The Kier molecular flexibility index (Phi) is 4.40. The van der Waals surface area contributed by atoms with E-state index in [1.165, 1.54) is 11.3 Å². The van der Waals surface area contributed by atoms with E-state index in [0.29, 0.717) is 26.7 Å². The maximum Gasteiger partial charge on any atom is 0.182 e. The van der Waals surface area contributed by atoms with Crippen molar-refractivity contribution in [3.63, 3.8) is 0 Å². The zero-order valence-corrected chi connectivity index (χ0v) is 15.6. The average molecular weight is 386 g/mol. The average Bonchev–Trinajstić information content (AvgIpc) is 2.86. The summed E-state index contributed by atoms with van der Waals surface area (Å²) in [6.45, 7) is 3.59. The summed E-state index contributed by atoms with van der Waals surface area (Å²) in [5, 5.41) is 1.73. The van der Waals surface area contributed by atoms with E-state index in [1.807, 2.05) is 13.0 Å². The first-order valence-electron chi connectivity index (χ1n) is 6.82. The molecule has 3 aromatic rings. The van der Waals surface area contributed by atoms with Gasteiger partial charge in [0.2, 0.25) is 0 Å². The summed E-state index contributed by atoms with van der Waals surface area (Å²) in [7, 11) is -3.54. The first kappa shape index (κ1) is 16.7. The molecule has 3 rings (SSSR count). The van der Waals surface area contributed by atoms with Gasteiger partial charge in [-0.15, -0.1) is 11.3 Å². The van der Waals surface area contributed by atoms with Gasteiger partial charge in [0.25, 0.3) is 0 Å². The minimum Gasteiger partial charge on any atom is -0.240 e. The molecule has 0 fully saturated rings. The second-order valence-corrected chi connectivity index (χ2v) is 9.22. The summed E-state index contributed by atoms with van der Waals surface area (Å²) in [5.74, 6) is -0.181. The Balaban J connectivity index is 2.07. The normalized spacial score (nSPS) is 12.0. The van der Waals surface area contributed by atoms with Gasteiger partial charge in [0.05, 0.1) is 25.4 Å². The second kappa shape index (κ2) is 6.06. The van der Waals surface area contributed by atoms with Gasteiger partial charge in [-0.25, -0.2) is 13.4 Å². The summed E-state index contributed by atoms with van der Waals surface area (Å²) >= 11 is 13.9. The summed E-state index contributed by atoms with van der Waals surface area (Å²) in [4.78, 5) is 4.61. The lowest BCUT2D eigenvalue weighted by molar-refractivity contribution is 0.594. The van der Waals surface area contributed by atoms with Crippen molar-refractivity contribution in [2.45, 2.75) is 24.5 Å². The first-order valence-corrected chi connectivity index (χ1v) is 10.0. The maximum atomic E-state index is 12.7. The minimum absolute atomic E-state index is 0.181. The van der Waals surface area contributed by atoms with Crippen LogP contribution in [0.15, 0.2) is 35.2 Å². The number of nitrogens with zero attached hydrogens (tertiary/aromatic N) is 1. The van der Waals surface area contributed by atoms with Crippen LogP contribution < -0.4 is 0 Å². The van der Waals surface area contributed by atoms with Crippen LogP contribution in [0.3, 0.4) is 0 Å². The van der Waals surface area contributed by atoms with E-state index in [2.05, 4.69) is 4.98 Å². The third-order valence-corrected chi connectivity index (χ3v) is 7.16. The van der Waals surface area contributed by atoms with Crippen molar-refractivity contribution >= 4 is 54.6 Å². The minimum atomic E-state index is -3.54. The Labute approximate surface area is 148 Å². The number of fused-ring (bicyclic) bond motifs is 1. The molecule has 0 unspecified atom stereocenters. The summed E-state index contributed by atoms with van der Waals surface area (Å²) < 4.78 is 26.4. The van der Waals surface area contributed by atoms with Gasteiger partial charge in [0.15, 0.2) is 9.84 Å². The molecule has 0 spiro atoms. The molecule has 0 saturated heterocycles. The van der Waals surface area contributed by atoms with Crippen LogP contribution in [0.5, 0.6) is 0 Å². The van der Waals surface area contributed by atoms with Crippen molar-refractivity contribution in [1.29, 1.82) is 0 Å². The monoisotopic (exact) mass is 385 g/mol. The van der Waals surface area contributed by atoms with Gasteiger partial charge in [-0.3, -0.25) is 0 Å². The molecule has 0 aliphatic carbocycles. The van der Waals surface area contributed by atoms with E-state index in [-0.39, 0.29) is 10.6 Å². The Hall–Kier alpha value is -1.14. The number of aryl methyl sites for hydroxylation is 1. The predicted octanol–water partition coefficient (Wildman–Crippen LogP) is 5.19. The highest BCUT2D eigenvalue weighted by Gasteiger charge is 2.21. The lowest BCUT2D eigenvalue weighted by Gasteiger charge is -2.10. The van der Waals surface area contributed by atoms with Crippen LogP contribution in [0.1, 0.15) is 16.1 Å². The van der Waals surface area contributed by atoms with E-state index in [9.17, 15) is 8.42 Å². The highest BCUT2D eigenvalue weighted by atomic mass is 35.5. The zero-order valence-electron chi connectivity index (χ0n) is 12.4. The Morgan fingerprint density at radius 1 is 1.13 bits per heavy atom. The lowest BCUT2D eigenvalue weighted by atomic mass is 10.2. The molecule has 0 aliphatic rings. The third kappa shape index (κ3) is 3.11. The number of thiazole rings is 1. The molecule has 3 nitrogen and oxygen atoms in total. The van der Waals surface area contributed by atoms with Crippen molar-refractivity contribution in [3.05, 3.63) is 56.5 Å². The summed E-state index contributed by atoms with van der Waals surface area (Å²) in [6, 6.07) is 8.49. The van der Waals surface area contributed by atoms with Gasteiger partial charge in [-0.05, 0) is 43.2 Å². The van der Waals surface area contributed by atoms with Crippen molar-refractivity contribution in [2.75, 3.05) is 0 Å². The van der Waals surface area contributed by atoms with Gasteiger partial charge < -0.3 is 0 Å². The summed E-state index contributed by atoms with van der Waals surface area (Å²) in [6.07, 6.45) is 0. The number of hydrogen-bond acceptors (Lipinski definition) is 4. The number of benzene rings is 2. The van der Waals surface area contributed by atoms with Crippen LogP contribution in [0.4, 0.5) is 0 Å². The summed E-state index contributed by atoms with van der Waals surface area (Å²) in [5.41, 5.74) is 1.75. The smallest absolute Gasteiger partial charge is 0.182 e. The molecule has 0 aliphatic heterocycles. The first-order chi connectivity index (χ1) is 10.8. The number of hydrogen-bond donors (Lipinski definition) is 0. The topological polar surface area (TPSA) is 47.0 Å². The predicted molar refractivity (Wildman–Crippen MR) is 96.4 cm³/mol. The third-order valence-electron chi connectivity index (χ3n) is 3.58. The molecule has 0 amide bonds. The molecule has 0 saturated carbocycles. The van der Waals surface area contributed by atoms with E-state index < -0.39 is 9.84 Å². The molecular formula is C16H13Cl2NO2S2. The van der Waals surface area contributed by atoms with E-state index in [1.54, 1.807) is 31.2 Å². The van der Waals surface area contributed by atoms with Crippen LogP contribution in [-0.4, -0.2) is 13.4 Å². The SMILES string of the molecule is Cc1nc2c(Cl)c(CS(=O)(=O)c3cccc(Cl)c3C)ccc2s1. The quantitative estimate of drug-likeness (QED) is 0.622. The largest absolute Gasteiger partial charge is 0.240 e. The second-order valence-electron chi connectivity index (χ2n) is 5.24. The fraction of sp³-hybridized carbons (Fsp3) is 0.188. The maximum absolute atomic E-state index is 12.7. The molecule has 0 atom stereocenters. The molecule has 0 N–H and O–H groups in total. The van der Waals surface area contributed by atoms with E-state index >= 15 is 0 Å². The van der Waals surface area contributed by atoms with Crippen molar-refractivity contribution in [3.8, 4) is 0 Å². The zero-order chi connectivity index (χ0) is 16.8. The van der Waals surface area contributed by atoms with Crippen LogP contribution in [-0.2, 0) is 15.6 Å². The molecule has 120 valence electrons. The Morgan fingerprint density at radius 3 is 2.61 bits per heavy atom. The highest BCUT2D eigenvalue weighted by molar-refractivity contribution is 7.90. The number of rotatable bonds is 3. The van der Waals surface area contributed by atoms with Gasteiger partial charge in [0, 0.05) is 5.02 Å². The van der Waals surface area contributed by atoms with Crippen LogP contribution >= 0.6 is 34.5 Å². The standard InChI is InChI=1S/C16H13Cl2NO2S2/c1-9-12(17)4-3-5-14(9)23(20,21)8-11-6-7-13-16(15(11)18)19-10(2)22-13/h3-7H,8H2,1-2H3. The van der Waals surface area contributed by atoms with Gasteiger partial charge in [0.1, 0.15) is 5.52 Å². The fourth-order valence-corrected chi connectivity index (χ4v) is 5.58. The molecule has 23 heavy (non-hydrogen) atoms. The molecule has 7 heteroatoms. The molecule has 2 aromatic carbocycles. The molecule has 0 radical (unpaired) electrons. The Bertz CT molecular complexity index is 1010. The number of aromatic nitrogens is 1. The molecular weight excluding hydrogens is 373 g/mol. The van der Waals surface area contributed by atoms with Crippen LogP contribution in [0, 0.1) is 13.8 Å². The highest BCUT2D eigenvalue weighted by Crippen LogP contribution is 2.33. The van der Waals surface area contributed by atoms with Gasteiger partial charge in [-0.1, -0.05) is 35.3 Å². The van der Waals surface area contributed by atoms with Crippen LogP contribution in [0.2, 0.25) is 10.0 Å². The number of sulfone groups is 1. The van der Waals surface area contributed by atoms with Crippen molar-refractivity contribution in [2.24, 2.45) is 0 Å². The number of halogens is 2. The molecule has 1 heterocycles. The van der Waals surface area contributed by atoms with Gasteiger partial charge >= 0.3 is 0 Å². The van der Waals surface area contributed by atoms with E-state index in [0.717, 1.165) is 9.71 Å². The van der Waals surface area contributed by atoms with E-state index in [4.69, 9.17) is 23.2 Å². The lowest BCUT2D eigenvalue weighted by Crippen LogP contribution is -2.07. The fourth-order valence-electron chi connectivity index (χ4n) is 2.43.